The third-order valence-corrected chi connectivity index (χ3v) is 1.86. The Hall–Kier alpha value is -0.900. The van der Waals surface area contributed by atoms with E-state index in [1.54, 1.807) is 0 Å². The van der Waals surface area contributed by atoms with Crippen molar-refractivity contribution in [1.82, 2.24) is 10.4 Å². The maximum Gasteiger partial charge on any atom is 0.0353 e. The highest BCUT2D eigenvalue weighted by atomic mass is 15.5. The Bertz CT molecular complexity index is 241. The van der Waals surface area contributed by atoms with Gasteiger partial charge in [0.25, 0.3) is 0 Å². The normalized spacial score (nSPS) is 10.8. The van der Waals surface area contributed by atoms with Crippen LogP contribution in [0.5, 0.6) is 0 Å². The summed E-state index contributed by atoms with van der Waals surface area (Å²) in [5, 5.41) is 1.94. The van der Waals surface area contributed by atoms with Gasteiger partial charge in [-0.2, -0.15) is 0 Å². The molecule has 0 aliphatic heterocycles. The summed E-state index contributed by atoms with van der Waals surface area (Å²) in [7, 11) is 3.96. The van der Waals surface area contributed by atoms with Crippen LogP contribution in [-0.2, 0) is 13.1 Å². The van der Waals surface area contributed by atoms with Gasteiger partial charge >= 0.3 is 0 Å². The first-order valence-corrected chi connectivity index (χ1v) is 4.41. The fourth-order valence-electron chi connectivity index (χ4n) is 1.04. The molecule has 0 unspecified atom stereocenters. The fourth-order valence-corrected chi connectivity index (χ4v) is 1.04. The van der Waals surface area contributed by atoms with Crippen LogP contribution in [0.2, 0.25) is 0 Å². The molecule has 3 heteroatoms. The molecule has 0 atom stereocenters. The van der Waals surface area contributed by atoms with Gasteiger partial charge in [0, 0.05) is 27.2 Å². The van der Waals surface area contributed by atoms with Crippen molar-refractivity contribution in [3.63, 3.8) is 0 Å². The number of hydrogen-bond donors (Lipinski definition) is 2. The second kappa shape index (κ2) is 4.97. The Morgan fingerprint density at radius 3 is 2.15 bits per heavy atom. The average Bonchev–Trinajstić information content (AvgIpc) is 2.15. The molecule has 0 spiro atoms. The van der Waals surface area contributed by atoms with Gasteiger partial charge in [-0.15, -0.1) is 0 Å². The number of hydrogen-bond acceptors (Lipinski definition) is 3. The van der Waals surface area contributed by atoms with E-state index in [4.69, 9.17) is 5.73 Å². The van der Waals surface area contributed by atoms with E-state index in [0.717, 1.165) is 6.54 Å². The lowest BCUT2D eigenvalue weighted by molar-refractivity contribution is 0.286. The predicted octanol–water partition coefficient (Wildman–Crippen LogP) is 0.711. The Kier molecular flexibility index (Phi) is 3.89. The third kappa shape index (κ3) is 3.55. The van der Waals surface area contributed by atoms with E-state index in [1.807, 2.05) is 19.1 Å². The average molecular weight is 179 g/mol. The molecule has 1 rings (SSSR count). The first kappa shape index (κ1) is 10.2. The highest BCUT2D eigenvalue weighted by Crippen LogP contribution is 2.03. The highest BCUT2D eigenvalue weighted by Gasteiger charge is 1.93. The van der Waals surface area contributed by atoms with Gasteiger partial charge in [0.05, 0.1) is 0 Å². The monoisotopic (exact) mass is 179 g/mol. The molecular weight excluding hydrogens is 162 g/mol. The lowest BCUT2D eigenvalue weighted by Crippen LogP contribution is -2.29. The van der Waals surface area contributed by atoms with Crippen LogP contribution in [0.1, 0.15) is 11.1 Å². The molecular formula is C10H17N3. The van der Waals surface area contributed by atoms with Gasteiger partial charge in [0.2, 0.25) is 0 Å². The molecule has 3 N–H and O–H groups in total. The summed E-state index contributed by atoms with van der Waals surface area (Å²) in [4.78, 5) is 0. The van der Waals surface area contributed by atoms with Crippen LogP contribution in [0.25, 0.3) is 0 Å². The van der Waals surface area contributed by atoms with Crippen molar-refractivity contribution in [1.29, 1.82) is 0 Å². The van der Waals surface area contributed by atoms with E-state index in [2.05, 4.69) is 29.7 Å². The molecule has 1 aromatic carbocycles. The zero-order valence-electron chi connectivity index (χ0n) is 8.25. The first-order chi connectivity index (χ1) is 6.22. The maximum atomic E-state index is 5.50. The zero-order chi connectivity index (χ0) is 9.68. The molecule has 13 heavy (non-hydrogen) atoms. The van der Waals surface area contributed by atoms with E-state index < -0.39 is 0 Å². The van der Waals surface area contributed by atoms with Crippen molar-refractivity contribution in [3.05, 3.63) is 35.4 Å². The fraction of sp³-hybridized carbons (Fsp3) is 0.400. The molecule has 0 amide bonds. The second-order valence-electron chi connectivity index (χ2n) is 3.25. The predicted molar refractivity (Wildman–Crippen MR) is 54.9 cm³/mol. The topological polar surface area (TPSA) is 41.3 Å². The van der Waals surface area contributed by atoms with Gasteiger partial charge in [-0.3, -0.25) is 10.4 Å². The molecule has 0 aromatic heterocycles. The molecule has 0 aliphatic rings. The van der Waals surface area contributed by atoms with Crippen molar-refractivity contribution in [3.8, 4) is 0 Å². The summed E-state index contributed by atoms with van der Waals surface area (Å²) in [6, 6.07) is 8.32. The van der Waals surface area contributed by atoms with E-state index in [9.17, 15) is 0 Å². The Morgan fingerprint density at radius 2 is 1.69 bits per heavy atom. The second-order valence-corrected chi connectivity index (χ2v) is 3.25. The van der Waals surface area contributed by atoms with Gasteiger partial charge in [-0.05, 0) is 11.1 Å². The van der Waals surface area contributed by atoms with Crippen LogP contribution in [0.3, 0.4) is 0 Å². The third-order valence-electron chi connectivity index (χ3n) is 1.86. The van der Waals surface area contributed by atoms with Crippen LogP contribution in [0, 0.1) is 0 Å². The van der Waals surface area contributed by atoms with Gasteiger partial charge in [0.1, 0.15) is 0 Å². The van der Waals surface area contributed by atoms with Gasteiger partial charge in [0.15, 0.2) is 0 Å². The smallest absolute Gasteiger partial charge is 0.0353 e. The lowest BCUT2D eigenvalue weighted by Gasteiger charge is -2.11. The minimum atomic E-state index is 0.612. The standard InChI is InChI=1S/C10H17N3/c1-13(2)12-8-10-5-3-9(7-11)4-6-10/h3-6,12H,7-8,11H2,1-2H3. The van der Waals surface area contributed by atoms with Gasteiger partial charge in [-0.1, -0.05) is 24.3 Å². The molecule has 0 radical (unpaired) electrons. The van der Waals surface area contributed by atoms with Crippen molar-refractivity contribution in [2.24, 2.45) is 5.73 Å². The molecule has 0 aliphatic carbocycles. The van der Waals surface area contributed by atoms with E-state index in [-0.39, 0.29) is 0 Å². The van der Waals surface area contributed by atoms with Crippen molar-refractivity contribution in [2.75, 3.05) is 14.1 Å². The van der Waals surface area contributed by atoms with Crippen molar-refractivity contribution in [2.45, 2.75) is 13.1 Å². The number of nitrogens with one attached hydrogen (secondary N) is 1. The van der Waals surface area contributed by atoms with Crippen LogP contribution in [0.15, 0.2) is 24.3 Å². The molecule has 0 saturated carbocycles. The van der Waals surface area contributed by atoms with Crippen LogP contribution in [-0.4, -0.2) is 19.1 Å². The van der Waals surface area contributed by atoms with Crippen LogP contribution >= 0.6 is 0 Å². The van der Waals surface area contributed by atoms with E-state index in [1.165, 1.54) is 11.1 Å². The number of nitrogens with zero attached hydrogens (tertiary/aromatic N) is 1. The Balaban J connectivity index is 2.49. The zero-order valence-corrected chi connectivity index (χ0v) is 8.25. The number of benzene rings is 1. The summed E-state index contributed by atoms with van der Waals surface area (Å²) < 4.78 is 0. The molecule has 0 heterocycles. The SMILES string of the molecule is CN(C)NCc1ccc(CN)cc1. The van der Waals surface area contributed by atoms with Crippen molar-refractivity contribution >= 4 is 0 Å². The minimum absolute atomic E-state index is 0.612. The maximum absolute atomic E-state index is 5.50. The largest absolute Gasteiger partial charge is 0.326 e. The number of hydrazine groups is 1. The van der Waals surface area contributed by atoms with Crippen LogP contribution < -0.4 is 11.2 Å². The molecule has 72 valence electrons. The minimum Gasteiger partial charge on any atom is -0.326 e. The first-order valence-electron chi connectivity index (χ1n) is 4.41. The number of nitrogens with two attached hydrogens (primary N) is 1. The molecule has 3 nitrogen and oxygen atoms in total. The summed E-state index contributed by atoms with van der Waals surface area (Å²) in [5.41, 5.74) is 11.1. The summed E-state index contributed by atoms with van der Waals surface area (Å²) in [6.45, 7) is 1.47. The Labute approximate surface area is 79.5 Å². The van der Waals surface area contributed by atoms with Gasteiger partial charge in [-0.25, -0.2) is 0 Å². The quantitative estimate of drug-likeness (QED) is 0.669. The summed E-state index contributed by atoms with van der Waals surface area (Å²) in [6.07, 6.45) is 0. The highest BCUT2D eigenvalue weighted by molar-refractivity contribution is 5.22. The molecule has 1 aromatic rings. The van der Waals surface area contributed by atoms with E-state index in [0.29, 0.717) is 6.54 Å². The Morgan fingerprint density at radius 1 is 1.15 bits per heavy atom. The molecule has 0 fully saturated rings. The summed E-state index contributed by atoms with van der Waals surface area (Å²) >= 11 is 0. The molecule has 0 bridgehead atoms. The number of rotatable bonds is 4. The summed E-state index contributed by atoms with van der Waals surface area (Å²) in [5.74, 6) is 0. The van der Waals surface area contributed by atoms with Crippen molar-refractivity contribution < 1.29 is 0 Å². The lowest BCUT2D eigenvalue weighted by atomic mass is 10.1. The van der Waals surface area contributed by atoms with Crippen LogP contribution in [0.4, 0.5) is 0 Å². The van der Waals surface area contributed by atoms with E-state index >= 15 is 0 Å². The molecule has 0 saturated heterocycles. The van der Waals surface area contributed by atoms with Gasteiger partial charge < -0.3 is 5.73 Å².